The fraction of sp³-hybridized carbons (Fsp3) is 0.308. The lowest BCUT2D eigenvalue weighted by Crippen LogP contribution is -1.95. The summed E-state index contributed by atoms with van der Waals surface area (Å²) in [7, 11) is 1.45. The van der Waals surface area contributed by atoms with Crippen molar-refractivity contribution in [2.75, 3.05) is 12.8 Å². The molecule has 0 saturated carbocycles. The molecule has 1 aromatic carbocycles. The fourth-order valence-corrected chi connectivity index (χ4v) is 2.01. The Morgan fingerprint density at radius 1 is 1.50 bits per heavy atom. The lowest BCUT2D eigenvalue weighted by Gasteiger charge is -2.07. The second-order valence-electron chi connectivity index (χ2n) is 4.27. The van der Waals surface area contributed by atoms with Crippen LogP contribution in [0.4, 0.5) is 11.5 Å². The number of ether oxygens (including phenoxy) is 1. The fourth-order valence-electron chi connectivity index (χ4n) is 2.01. The van der Waals surface area contributed by atoms with E-state index in [0.717, 1.165) is 12.0 Å². The van der Waals surface area contributed by atoms with E-state index in [1.807, 2.05) is 6.92 Å². The Balaban J connectivity index is 2.55. The topological polar surface area (TPSA) is 104 Å². The smallest absolute Gasteiger partial charge is 0.273 e. The Kier molecular flexibility index (Phi) is 3.88. The van der Waals surface area contributed by atoms with Gasteiger partial charge in [-0.05, 0) is 12.5 Å². The Bertz CT molecular complexity index is 637. The zero-order valence-corrected chi connectivity index (χ0v) is 11.3. The van der Waals surface area contributed by atoms with E-state index in [1.54, 1.807) is 6.07 Å². The first-order chi connectivity index (χ1) is 9.58. The zero-order valence-electron chi connectivity index (χ0n) is 11.3. The van der Waals surface area contributed by atoms with Crippen LogP contribution in [0.5, 0.6) is 5.75 Å². The van der Waals surface area contributed by atoms with Crippen molar-refractivity contribution in [2.45, 2.75) is 19.8 Å². The number of nitro groups is 1. The highest BCUT2D eigenvalue weighted by Crippen LogP contribution is 2.37. The summed E-state index contributed by atoms with van der Waals surface area (Å²) in [4.78, 5) is 10.3. The minimum absolute atomic E-state index is 0.0462. The number of nitro benzene ring substituents is 1. The summed E-state index contributed by atoms with van der Waals surface area (Å²) in [5, 5.41) is 14.5. The lowest BCUT2D eigenvalue weighted by molar-refractivity contribution is -0.384. The number of benzene rings is 1. The third-order valence-electron chi connectivity index (χ3n) is 2.96. The minimum Gasteiger partial charge on any atom is -0.496 e. The predicted molar refractivity (Wildman–Crippen MR) is 73.6 cm³/mol. The van der Waals surface area contributed by atoms with Gasteiger partial charge in [0, 0.05) is 11.6 Å². The molecule has 0 spiro atoms. The molecule has 7 nitrogen and oxygen atoms in total. The average Bonchev–Trinajstić information content (AvgIpc) is 2.80. The van der Waals surface area contributed by atoms with Crippen LogP contribution in [0, 0.1) is 10.1 Å². The molecule has 0 bridgehead atoms. The van der Waals surface area contributed by atoms with E-state index in [2.05, 4.69) is 5.16 Å². The van der Waals surface area contributed by atoms with Crippen molar-refractivity contribution in [3.8, 4) is 17.1 Å². The lowest BCUT2D eigenvalue weighted by atomic mass is 10.0. The van der Waals surface area contributed by atoms with E-state index in [4.69, 9.17) is 15.0 Å². The molecule has 106 valence electrons. The van der Waals surface area contributed by atoms with Crippen molar-refractivity contribution >= 4 is 11.5 Å². The number of aromatic nitrogens is 1. The van der Waals surface area contributed by atoms with Crippen LogP contribution in [-0.4, -0.2) is 17.2 Å². The van der Waals surface area contributed by atoms with E-state index in [-0.39, 0.29) is 5.69 Å². The van der Waals surface area contributed by atoms with Crippen molar-refractivity contribution in [2.24, 2.45) is 0 Å². The zero-order chi connectivity index (χ0) is 14.7. The number of anilines is 1. The Hall–Kier alpha value is -2.57. The summed E-state index contributed by atoms with van der Waals surface area (Å²) in [6.45, 7) is 2.02. The molecule has 1 aromatic heterocycles. The van der Waals surface area contributed by atoms with Gasteiger partial charge in [-0.25, -0.2) is 0 Å². The van der Waals surface area contributed by atoms with Gasteiger partial charge in [0.05, 0.1) is 23.7 Å². The van der Waals surface area contributed by atoms with Crippen LogP contribution in [0.15, 0.2) is 22.7 Å². The Morgan fingerprint density at radius 3 is 2.85 bits per heavy atom. The van der Waals surface area contributed by atoms with Gasteiger partial charge >= 0.3 is 0 Å². The highest BCUT2D eigenvalue weighted by atomic mass is 16.6. The van der Waals surface area contributed by atoms with E-state index in [0.29, 0.717) is 29.3 Å². The van der Waals surface area contributed by atoms with Crippen LogP contribution in [0.2, 0.25) is 0 Å². The molecule has 0 fully saturated rings. The Morgan fingerprint density at radius 2 is 2.25 bits per heavy atom. The molecule has 20 heavy (non-hydrogen) atoms. The molecule has 2 aromatic rings. The molecule has 0 amide bonds. The van der Waals surface area contributed by atoms with Gasteiger partial charge in [0.2, 0.25) is 0 Å². The van der Waals surface area contributed by atoms with Gasteiger partial charge in [-0.3, -0.25) is 10.1 Å². The second kappa shape index (κ2) is 5.60. The standard InChI is InChI=1S/C13H15N3O4/c1-3-4-10-12(20-15-13(10)14)9-6-5-8(16(17)18)7-11(9)19-2/h5-7H,3-4H2,1-2H3,(H2,14,15). The van der Waals surface area contributed by atoms with Crippen LogP contribution >= 0.6 is 0 Å². The van der Waals surface area contributed by atoms with Crippen LogP contribution in [0.3, 0.4) is 0 Å². The van der Waals surface area contributed by atoms with Gasteiger partial charge in [-0.15, -0.1) is 0 Å². The summed E-state index contributed by atoms with van der Waals surface area (Å²) >= 11 is 0. The van der Waals surface area contributed by atoms with Crippen molar-refractivity contribution in [1.82, 2.24) is 5.16 Å². The first-order valence-corrected chi connectivity index (χ1v) is 6.15. The normalized spacial score (nSPS) is 10.5. The summed E-state index contributed by atoms with van der Waals surface area (Å²) in [5.41, 5.74) is 7.13. The number of nitrogen functional groups attached to an aromatic ring is 1. The van der Waals surface area contributed by atoms with Gasteiger partial charge in [0.25, 0.3) is 5.69 Å². The number of rotatable bonds is 5. The van der Waals surface area contributed by atoms with Crippen molar-refractivity contribution in [3.05, 3.63) is 33.9 Å². The maximum Gasteiger partial charge on any atom is 0.273 e. The van der Waals surface area contributed by atoms with Crippen LogP contribution < -0.4 is 10.5 Å². The van der Waals surface area contributed by atoms with E-state index >= 15 is 0 Å². The largest absolute Gasteiger partial charge is 0.496 e. The van der Waals surface area contributed by atoms with Crippen molar-refractivity contribution in [3.63, 3.8) is 0 Å². The molecular formula is C13H15N3O4. The molecule has 2 rings (SSSR count). The summed E-state index contributed by atoms with van der Waals surface area (Å²) in [5.74, 6) is 1.19. The third-order valence-corrected chi connectivity index (χ3v) is 2.96. The molecule has 7 heteroatoms. The van der Waals surface area contributed by atoms with E-state index in [9.17, 15) is 10.1 Å². The molecular weight excluding hydrogens is 262 g/mol. The third kappa shape index (κ3) is 2.42. The first-order valence-electron chi connectivity index (χ1n) is 6.15. The maximum atomic E-state index is 10.8. The SMILES string of the molecule is CCCc1c(N)noc1-c1ccc([N+](=O)[O-])cc1OC. The molecule has 0 aliphatic carbocycles. The van der Waals surface area contributed by atoms with Gasteiger partial charge in [0.15, 0.2) is 11.6 Å². The molecule has 0 atom stereocenters. The number of methoxy groups -OCH3 is 1. The minimum atomic E-state index is -0.478. The van der Waals surface area contributed by atoms with E-state index in [1.165, 1.54) is 19.2 Å². The summed E-state index contributed by atoms with van der Waals surface area (Å²) in [6, 6.07) is 4.33. The number of hydrogen-bond donors (Lipinski definition) is 1. The average molecular weight is 277 g/mol. The van der Waals surface area contributed by atoms with Gasteiger partial charge in [-0.2, -0.15) is 0 Å². The predicted octanol–water partition coefficient (Wildman–Crippen LogP) is 2.79. The van der Waals surface area contributed by atoms with Crippen LogP contribution in [0.1, 0.15) is 18.9 Å². The number of nitrogens with zero attached hydrogens (tertiary/aromatic N) is 2. The molecule has 0 aliphatic rings. The molecule has 0 aliphatic heterocycles. The number of hydrogen-bond acceptors (Lipinski definition) is 6. The van der Waals surface area contributed by atoms with Gasteiger partial charge in [0.1, 0.15) is 5.75 Å². The molecule has 1 heterocycles. The summed E-state index contributed by atoms with van der Waals surface area (Å²) in [6.07, 6.45) is 1.60. The monoisotopic (exact) mass is 277 g/mol. The summed E-state index contributed by atoms with van der Waals surface area (Å²) < 4.78 is 10.5. The molecule has 2 N–H and O–H groups in total. The number of non-ortho nitro benzene ring substituents is 1. The second-order valence-corrected chi connectivity index (χ2v) is 4.27. The van der Waals surface area contributed by atoms with Crippen molar-refractivity contribution in [1.29, 1.82) is 0 Å². The van der Waals surface area contributed by atoms with Gasteiger partial charge in [-0.1, -0.05) is 18.5 Å². The van der Waals surface area contributed by atoms with E-state index < -0.39 is 4.92 Å². The number of nitrogens with two attached hydrogens (primary N) is 1. The quantitative estimate of drug-likeness (QED) is 0.665. The molecule has 0 unspecified atom stereocenters. The highest BCUT2D eigenvalue weighted by molar-refractivity contribution is 5.73. The molecule has 0 radical (unpaired) electrons. The van der Waals surface area contributed by atoms with Crippen molar-refractivity contribution < 1.29 is 14.2 Å². The highest BCUT2D eigenvalue weighted by Gasteiger charge is 2.20. The van der Waals surface area contributed by atoms with Crippen LogP contribution in [0.25, 0.3) is 11.3 Å². The maximum absolute atomic E-state index is 10.8. The molecule has 0 saturated heterocycles. The Labute approximate surface area is 115 Å². The first kappa shape index (κ1) is 13.9. The van der Waals surface area contributed by atoms with Gasteiger partial charge < -0.3 is 15.0 Å². The van der Waals surface area contributed by atoms with Crippen LogP contribution in [-0.2, 0) is 6.42 Å².